The molecule has 1 aliphatic heterocycles. The van der Waals surface area contributed by atoms with Crippen molar-refractivity contribution in [2.45, 2.75) is 0 Å². The van der Waals surface area contributed by atoms with Crippen molar-refractivity contribution in [3.8, 4) is 11.5 Å². The number of methoxy groups -OCH3 is 2. The zero-order valence-corrected chi connectivity index (χ0v) is 10.5. The van der Waals surface area contributed by atoms with E-state index < -0.39 is 10.2 Å². The van der Waals surface area contributed by atoms with Gasteiger partial charge in [0.05, 0.1) is 19.9 Å². The van der Waals surface area contributed by atoms with Crippen LogP contribution in [-0.2, 0) is 10.2 Å². The van der Waals surface area contributed by atoms with Crippen molar-refractivity contribution in [1.29, 1.82) is 0 Å². The molecule has 1 aromatic carbocycles. The lowest BCUT2D eigenvalue weighted by molar-refractivity contribution is 0.355. The number of rotatable bonds is 5. The second-order valence-electron chi connectivity index (χ2n) is 3.58. The largest absolute Gasteiger partial charge is 0.493 e. The van der Waals surface area contributed by atoms with E-state index in [1.807, 2.05) is 0 Å². The summed E-state index contributed by atoms with van der Waals surface area (Å²) < 4.78 is 37.3. The van der Waals surface area contributed by atoms with Crippen LogP contribution < -0.4 is 14.2 Å². The molecule has 1 aliphatic rings. The fourth-order valence-corrected chi connectivity index (χ4v) is 2.51. The first-order valence-corrected chi connectivity index (χ1v) is 6.51. The Bertz CT molecular complexity index is 511. The first-order chi connectivity index (χ1) is 8.06. The summed E-state index contributed by atoms with van der Waals surface area (Å²) in [4.78, 5) is 0. The molecule has 0 atom stereocenters. The number of hydrogen-bond acceptors (Lipinski definition) is 4. The summed E-state index contributed by atoms with van der Waals surface area (Å²) >= 11 is 0. The molecule has 0 radical (unpaired) electrons. The van der Waals surface area contributed by atoms with Gasteiger partial charge in [-0.25, -0.2) is 0 Å². The van der Waals surface area contributed by atoms with Gasteiger partial charge in [-0.05, 0) is 12.1 Å². The topological polar surface area (TPSA) is 67.6 Å². The summed E-state index contributed by atoms with van der Waals surface area (Å²) in [6.45, 7) is 1.14. The van der Waals surface area contributed by atoms with Gasteiger partial charge in [-0.3, -0.25) is 4.72 Å². The standard InChI is InChI=1S/C10H14N2O4S/c1-15-9-4-3-8(7-10(9)16-2)11-17(13,14)12-5-6-12/h3-4,7,11H,5-6H2,1-2H3. The third-order valence-corrected chi connectivity index (χ3v) is 3.92. The third-order valence-electron chi connectivity index (χ3n) is 2.38. The molecule has 2 rings (SSSR count). The van der Waals surface area contributed by atoms with Crippen molar-refractivity contribution in [3.05, 3.63) is 18.2 Å². The van der Waals surface area contributed by atoms with E-state index in [2.05, 4.69) is 4.72 Å². The molecule has 0 spiro atoms. The quantitative estimate of drug-likeness (QED) is 0.788. The first kappa shape index (κ1) is 12.0. The van der Waals surface area contributed by atoms with E-state index in [1.165, 1.54) is 18.5 Å². The van der Waals surface area contributed by atoms with Crippen LogP contribution in [0.2, 0.25) is 0 Å². The highest BCUT2D eigenvalue weighted by Crippen LogP contribution is 2.30. The highest BCUT2D eigenvalue weighted by atomic mass is 32.2. The smallest absolute Gasteiger partial charge is 0.301 e. The van der Waals surface area contributed by atoms with Crippen LogP contribution in [0, 0.1) is 0 Å². The van der Waals surface area contributed by atoms with Crippen molar-refractivity contribution in [1.82, 2.24) is 4.31 Å². The Morgan fingerprint density at radius 2 is 1.82 bits per heavy atom. The lowest BCUT2D eigenvalue weighted by Gasteiger charge is -2.11. The molecular formula is C10H14N2O4S. The van der Waals surface area contributed by atoms with Gasteiger partial charge in [0.15, 0.2) is 11.5 Å². The van der Waals surface area contributed by atoms with Crippen LogP contribution in [0.1, 0.15) is 0 Å². The number of nitrogens with one attached hydrogen (secondary N) is 1. The lowest BCUT2D eigenvalue weighted by atomic mass is 10.3. The van der Waals surface area contributed by atoms with E-state index in [0.717, 1.165) is 0 Å². The van der Waals surface area contributed by atoms with Crippen molar-refractivity contribution in [3.63, 3.8) is 0 Å². The van der Waals surface area contributed by atoms with Gasteiger partial charge in [-0.15, -0.1) is 0 Å². The Morgan fingerprint density at radius 1 is 1.18 bits per heavy atom. The van der Waals surface area contributed by atoms with Gasteiger partial charge in [-0.2, -0.15) is 12.7 Å². The molecule has 94 valence electrons. The summed E-state index contributed by atoms with van der Waals surface area (Å²) in [5, 5.41) is 0. The Morgan fingerprint density at radius 3 is 2.35 bits per heavy atom. The van der Waals surface area contributed by atoms with Crippen LogP contribution >= 0.6 is 0 Å². The van der Waals surface area contributed by atoms with Gasteiger partial charge >= 0.3 is 10.2 Å². The summed E-state index contributed by atoms with van der Waals surface area (Å²) in [5.74, 6) is 1.04. The van der Waals surface area contributed by atoms with Crippen LogP contribution in [0.3, 0.4) is 0 Å². The van der Waals surface area contributed by atoms with Crippen LogP contribution in [0.5, 0.6) is 11.5 Å². The molecule has 17 heavy (non-hydrogen) atoms. The van der Waals surface area contributed by atoms with Gasteiger partial charge < -0.3 is 9.47 Å². The molecule has 6 nitrogen and oxygen atoms in total. The van der Waals surface area contributed by atoms with E-state index in [4.69, 9.17) is 9.47 Å². The summed E-state index contributed by atoms with van der Waals surface area (Å²) in [6.07, 6.45) is 0. The second-order valence-corrected chi connectivity index (χ2v) is 5.25. The maximum absolute atomic E-state index is 11.7. The van der Waals surface area contributed by atoms with Crippen LogP contribution in [0.25, 0.3) is 0 Å². The van der Waals surface area contributed by atoms with E-state index in [0.29, 0.717) is 30.3 Å². The summed E-state index contributed by atoms with van der Waals surface area (Å²) in [6, 6.07) is 4.86. The molecule has 0 unspecified atom stereocenters. The normalized spacial score (nSPS) is 15.4. The average molecular weight is 258 g/mol. The van der Waals surface area contributed by atoms with E-state index >= 15 is 0 Å². The molecule has 1 fully saturated rings. The lowest BCUT2D eigenvalue weighted by Crippen LogP contribution is -2.20. The van der Waals surface area contributed by atoms with Gasteiger partial charge in [0.25, 0.3) is 0 Å². The molecule has 0 aromatic heterocycles. The summed E-state index contributed by atoms with van der Waals surface area (Å²) in [5.41, 5.74) is 0.453. The van der Waals surface area contributed by atoms with Gasteiger partial charge in [0.1, 0.15) is 0 Å². The molecule has 1 saturated heterocycles. The van der Waals surface area contributed by atoms with Gasteiger partial charge in [0, 0.05) is 19.2 Å². The Kier molecular flexibility index (Phi) is 3.12. The fourth-order valence-electron chi connectivity index (χ4n) is 1.39. The third kappa shape index (κ3) is 2.62. The van der Waals surface area contributed by atoms with Crippen molar-refractivity contribution in [2.75, 3.05) is 32.0 Å². The maximum atomic E-state index is 11.7. The maximum Gasteiger partial charge on any atom is 0.301 e. The van der Waals surface area contributed by atoms with E-state index in [1.54, 1.807) is 18.2 Å². The highest BCUT2D eigenvalue weighted by Gasteiger charge is 2.31. The Balaban J connectivity index is 2.22. The Labute approximate surface area is 100 Å². The molecule has 0 aliphatic carbocycles. The molecule has 0 saturated carbocycles. The molecule has 0 amide bonds. The van der Waals surface area contributed by atoms with Crippen LogP contribution in [-0.4, -0.2) is 40.0 Å². The number of ether oxygens (including phenoxy) is 2. The van der Waals surface area contributed by atoms with Crippen molar-refractivity contribution < 1.29 is 17.9 Å². The highest BCUT2D eigenvalue weighted by molar-refractivity contribution is 7.90. The second kappa shape index (κ2) is 4.42. The van der Waals surface area contributed by atoms with E-state index in [9.17, 15) is 8.42 Å². The monoisotopic (exact) mass is 258 g/mol. The summed E-state index contributed by atoms with van der Waals surface area (Å²) in [7, 11) is -0.372. The number of anilines is 1. The number of benzene rings is 1. The molecule has 0 bridgehead atoms. The zero-order valence-electron chi connectivity index (χ0n) is 9.63. The molecule has 7 heteroatoms. The predicted octanol–water partition coefficient (Wildman–Crippen LogP) is 0.676. The molecular weight excluding hydrogens is 244 g/mol. The van der Waals surface area contributed by atoms with Crippen molar-refractivity contribution in [2.24, 2.45) is 0 Å². The molecule has 1 aromatic rings. The van der Waals surface area contributed by atoms with Crippen LogP contribution in [0.4, 0.5) is 5.69 Å². The fraction of sp³-hybridized carbons (Fsp3) is 0.400. The van der Waals surface area contributed by atoms with Crippen molar-refractivity contribution >= 4 is 15.9 Å². The Hall–Kier alpha value is -1.47. The molecule has 1 heterocycles. The minimum absolute atomic E-state index is 0.453. The average Bonchev–Trinajstić information content (AvgIpc) is 3.12. The first-order valence-electron chi connectivity index (χ1n) is 5.07. The van der Waals surface area contributed by atoms with E-state index in [-0.39, 0.29) is 0 Å². The zero-order chi connectivity index (χ0) is 12.5. The minimum atomic E-state index is -3.40. The number of nitrogens with zero attached hydrogens (tertiary/aromatic N) is 1. The van der Waals surface area contributed by atoms with Crippen LogP contribution in [0.15, 0.2) is 18.2 Å². The predicted molar refractivity (Wildman–Crippen MR) is 63.7 cm³/mol. The number of hydrogen-bond donors (Lipinski definition) is 1. The van der Waals surface area contributed by atoms with Gasteiger partial charge in [0.2, 0.25) is 0 Å². The SMILES string of the molecule is COc1ccc(NS(=O)(=O)N2CC2)cc1OC. The van der Waals surface area contributed by atoms with Gasteiger partial charge in [-0.1, -0.05) is 0 Å². The minimum Gasteiger partial charge on any atom is -0.493 e. The molecule has 1 N–H and O–H groups in total.